The van der Waals surface area contributed by atoms with Gasteiger partial charge in [0.2, 0.25) is 0 Å². The van der Waals surface area contributed by atoms with Crippen molar-refractivity contribution in [2.75, 3.05) is 0 Å². The molecule has 0 aliphatic rings. The van der Waals surface area contributed by atoms with E-state index in [1.807, 2.05) is 6.07 Å². The molecule has 1 nitrogen and oxygen atoms in total. The molecule has 0 aliphatic carbocycles. The van der Waals surface area contributed by atoms with Crippen molar-refractivity contribution in [1.82, 2.24) is 0 Å². The molecule has 0 bridgehead atoms. The maximum Gasteiger partial charge on any atom is 0.124 e. The van der Waals surface area contributed by atoms with E-state index in [1.54, 1.807) is 6.07 Å². The van der Waals surface area contributed by atoms with Gasteiger partial charge in [0.05, 0.1) is 6.10 Å². The van der Waals surface area contributed by atoms with Crippen molar-refractivity contribution in [3.8, 4) is 0 Å². The zero-order chi connectivity index (χ0) is 12.4. The van der Waals surface area contributed by atoms with Crippen LogP contribution in [0.1, 0.15) is 37.7 Å². The maximum atomic E-state index is 13.1. The van der Waals surface area contributed by atoms with E-state index in [4.69, 9.17) is 0 Å². The third kappa shape index (κ3) is 2.67. The quantitative estimate of drug-likeness (QED) is 0.848. The van der Waals surface area contributed by atoms with Crippen molar-refractivity contribution in [3.05, 3.63) is 35.0 Å². The summed E-state index contributed by atoms with van der Waals surface area (Å²) in [5.74, 6) is 0.0277. The summed E-state index contributed by atoms with van der Waals surface area (Å²) in [4.78, 5) is 0.937. The van der Waals surface area contributed by atoms with E-state index in [1.165, 1.54) is 23.5 Å². The number of fused-ring (bicyclic) bond motifs is 1. The van der Waals surface area contributed by atoms with Gasteiger partial charge in [-0.3, -0.25) is 0 Å². The third-order valence-corrected chi connectivity index (χ3v) is 4.24. The van der Waals surface area contributed by atoms with Crippen LogP contribution in [0.5, 0.6) is 0 Å². The molecule has 3 heteroatoms. The first kappa shape index (κ1) is 12.5. The second-order valence-electron chi connectivity index (χ2n) is 4.54. The number of hydrogen-bond acceptors (Lipinski definition) is 2. The normalized spacial score (nSPS) is 15.1. The Balaban J connectivity index is 2.29. The Morgan fingerprint density at radius 3 is 2.82 bits per heavy atom. The van der Waals surface area contributed by atoms with E-state index in [9.17, 15) is 9.50 Å². The monoisotopic (exact) mass is 252 g/mol. The van der Waals surface area contributed by atoms with Gasteiger partial charge in [0.1, 0.15) is 5.82 Å². The molecule has 92 valence electrons. The highest BCUT2D eigenvalue weighted by Gasteiger charge is 2.18. The van der Waals surface area contributed by atoms with E-state index in [2.05, 4.69) is 13.8 Å². The fraction of sp³-hybridized carbons (Fsp3) is 0.429. The second-order valence-corrected chi connectivity index (χ2v) is 5.66. The van der Waals surface area contributed by atoms with Gasteiger partial charge < -0.3 is 5.11 Å². The van der Waals surface area contributed by atoms with Crippen LogP contribution in [0.15, 0.2) is 24.3 Å². The van der Waals surface area contributed by atoms with E-state index in [-0.39, 0.29) is 11.7 Å². The van der Waals surface area contributed by atoms with Crippen LogP contribution in [0, 0.1) is 11.7 Å². The lowest BCUT2D eigenvalue weighted by Gasteiger charge is -2.16. The van der Waals surface area contributed by atoms with E-state index in [0.717, 1.165) is 27.8 Å². The molecule has 1 heterocycles. The van der Waals surface area contributed by atoms with Crippen LogP contribution in [0.25, 0.3) is 10.1 Å². The summed E-state index contributed by atoms with van der Waals surface area (Å²) in [6, 6.07) is 6.72. The van der Waals surface area contributed by atoms with Crippen LogP contribution in [0.3, 0.4) is 0 Å². The Morgan fingerprint density at radius 1 is 1.35 bits per heavy atom. The Kier molecular flexibility index (Phi) is 3.79. The topological polar surface area (TPSA) is 20.2 Å². The predicted molar refractivity (Wildman–Crippen MR) is 70.8 cm³/mol. The molecule has 0 radical (unpaired) electrons. The lowest BCUT2D eigenvalue weighted by molar-refractivity contribution is 0.116. The average molecular weight is 252 g/mol. The van der Waals surface area contributed by atoms with Gasteiger partial charge in [-0.15, -0.1) is 11.3 Å². The number of thiophene rings is 1. The molecule has 2 atom stereocenters. The molecular weight excluding hydrogens is 235 g/mol. The molecule has 1 aromatic carbocycles. The van der Waals surface area contributed by atoms with Crippen LogP contribution in [0.4, 0.5) is 4.39 Å². The first-order chi connectivity index (χ1) is 8.11. The molecule has 0 aliphatic heterocycles. The molecule has 0 spiro atoms. The van der Waals surface area contributed by atoms with Gasteiger partial charge in [-0.1, -0.05) is 26.3 Å². The second kappa shape index (κ2) is 5.15. The number of halogens is 1. The summed E-state index contributed by atoms with van der Waals surface area (Å²) in [6.07, 6.45) is 1.64. The van der Waals surface area contributed by atoms with Gasteiger partial charge in [-0.25, -0.2) is 4.39 Å². The maximum absolute atomic E-state index is 13.1. The van der Waals surface area contributed by atoms with Crippen molar-refractivity contribution in [3.63, 3.8) is 0 Å². The molecule has 0 fully saturated rings. The minimum Gasteiger partial charge on any atom is -0.387 e. The smallest absolute Gasteiger partial charge is 0.124 e. The van der Waals surface area contributed by atoms with Crippen molar-refractivity contribution < 1.29 is 9.50 Å². The average Bonchev–Trinajstić information content (AvgIpc) is 2.71. The fourth-order valence-corrected chi connectivity index (χ4v) is 3.27. The number of aliphatic hydroxyl groups excluding tert-OH is 1. The summed E-state index contributed by atoms with van der Waals surface area (Å²) < 4.78 is 14.0. The Hall–Kier alpha value is -0.930. The zero-order valence-electron chi connectivity index (χ0n) is 10.1. The van der Waals surface area contributed by atoms with Gasteiger partial charge in [0.15, 0.2) is 0 Å². The number of aliphatic hydroxyl groups is 1. The number of hydrogen-bond donors (Lipinski definition) is 1. The van der Waals surface area contributed by atoms with Crippen LogP contribution in [-0.4, -0.2) is 5.11 Å². The lowest BCUT2D eigenvalue weighted by atomic mass is 9.98. The lowest BCUT2D eigenvalue weighted by Crippen LogP contribution is -2.07. The zero-order valence-corrected chi connectivity index (χ0v) is 10.9. The van der Waals surface area contributed by atoms with Gasteiger partial charge in [-0.2, -0.15) is 0 Å². The summed E-state index contributed by atoms with van der Waals surface area (Å²) in [6.45, 7) is 4.17. The first-order valence-electron chi connectivity index (χ1n) is 5.99. The van der Waals surface area contributed by atoms with Crippen molar-refractivity contribution in [2.24, 2.45) is 5.92 Å². The molecule has 0 amide bonds. The van der Waals surface area contributed by atoms with Gasteiger partial charge in [0.25, 0.3) is 0 Å². The molecular formula is C14H17FOS. The molecule has 17 heavy (non-hydrogen) atoms. The highest BCUT2D eigenvalue weighted by Crippen LogP contribution is 2.34. The third-order valence-electron chi connectivity index (χ3n) is 3.08. The van der Waals surface area contributed by atoms with Crippen molar-refractivity contribution >= 4 is 21.4 Å². The highest BCUT2D eigenvalue weighted by molar-refractivity contribution is 7.19. The molecule has 2 aromatic rings. The van der Waals surface area contributed by atoms with Crippen LogP contribution >= 0.6 is 11.3 Å². The van der Waals surface area contributed by atoms with E-state index in [0.29, 0.717) is 0 Å². The predicted octanol–water partition coefficient (Wildman–Crippen LogP) is 4.51. The van der Waals surface area contributed by atoms with Crippen LogP contribution in [0.2, 0.25) is 0 Å². The SMILES string of the molecule is CCCC(C)C(O)c1cc2ccc(F)cc2s1. The van der Waals surface area contributed by atoms with Gasteiger partial charge >= 0.3 is 0 Å². The molecule has 2 rings (SSSR count). The van der Waals surface area contributed by atoms with Gasteiger partial charge in [-0.05, 0) is 35.9 Å². The van der Waals surface area contributed by atoms with E-state index < -0.39 is 6.10 Å². The van der Waals surface area contributed by atoms with Crippen LogP contribution in [-0.2, 0) is 0 Å². The first-order valence-corrected chi connectivity index (χ1v) is 6.80. The summed E-state index contributed by atoms with van der Waals surface area (Å²) in [5, 5.41) is 11.2. The Labute approximate surface area is 105 Å². The standard InChI is InChI=1S/C14H17FOS/c1-3-4-9(2)14(16)13-7-10-5-6-11(15)8-12(10)17-13/h5-9,14,16H,3-4H2,1-2H3. The van der Waals surface area contributed by atoms with E-state index >= 15 is 0 Å². The minimum atomic E-state index is -0.435. The molecule has 0 saturated carbocycles. The number of rotatable bonds is 4. The van der Waals surface area contributed by atoms with Crippen molar-refractivity contribution in [1.29, 1.82) is 0 Å². The molecule has 0 saturated heterocycles. The molecule has 1 N–H and O–H groups in total. The minimum absolute atomic E-state index is 0.220. The van der Waals surface area contributed by atoms with Gasteiger partial charge in [0, 0.05) is 9.58 Å². The summed E-state index contributed by atoms with van der Waals surface area (Å²) >= 11 is 1.48. The fourth-order valence-electron chi connectivity index (χ4n) is 2.06. The Bertz CT molecular complexity index is 506. The molecule has 2 unspecified atom stereocenters. The number of benzene rings is 1. The van der Waals surface area contributed by atoms with Crippen molar-refractivity contribution in [2.45, 2.75) is 32.8 Å². The summed E-state index contributed by atoms with van der Waals surface area (Å²) in [7, 11) is 0. The molecule has 1 aromatic heterocycles. The Morgan fingerprint density at radius 2 is 2.12 bits per heavy atom. The van der Waals surface area contributed by atoms with Crippen LogP contribution < -0.4 is 0 Å². The highest BCUT2D eigenvalue weighted by atomic mass is 32.1. The largest absolute Gasteiger partial charge is 0.387 e. The summed E-state index contributed by atoms with van der Waals surface area (Å²) in [5.41, 5.74) is 0.